The Hall–Kier alpha value is -2.64. The Kier molecular flexibility index (Phi) is 5.47. The summed E-state index contributed by atoms with van der Waals surface area (Å²) in [6, 6.07) is 18.9. The van der Waals surface area contributed by atoms with Crippen molar-refractivity contribution in [2.75, 3.05) is 13.1 Å². The van der Waals surface area contributed by atoms with Gasteiger partial charge in [-0.15, -0.1) is 0 Å². The number of amides is 1. The molecule has 128 valence electrons. The van der Waals surface area contributed by atoms with Gasteiger partial charge in [0.05, 0.1) is 17.7 Å². The second-order valence-electron chi connectivity index (χ2n) is 6.58. The van der Waals surface area contributed by atoms with Crippen molar-refractivity contribution in [1.82, 2.24) is 4.90 Å². The van der Waals surface area contributed by atoms with Crippen molar-refractivity contribution in [3.8, 4) is 6.07 Å². The molecule has 4 heteroatoms. The predicted octanol–water partition coefficient (Wildman–Crippen LogP) is 3.01. The van der Waals surface area contributed by atoms with Crippen molar-refractivity contribution in [1.29, 1.82) is 5.26 Å². The monoisotopic (exact) mass is 334 g/mol. The van der Waals surface area contributed by atoms with Gasteiger partial charge in [0.15, 0.2) is 0 Å². The number of benzene rings is 2. The summed E-state index contributed by atoms with van der Waals surface area (Å²) in [6.45, 7) is 1.29. The summed E-state index contributed by atoms with van der Waals surface area (Å²) in [5.41, 5.74) is 2.20. The van der Waals surface area contributed by atoms with Gasteiger partial charge < -0.3 is 10.0 Å². The Balaban J connectivity index is 1.56. The zero-order valence-electron chi connectivity index (χ0n) is 14.1. The third-order valence-electron chi connectivity index (χ3n) is 4.90. The molecule has 1 aliphatic heterocycles. The molecular weight excluding hydrogens is 312 g/mol. The number of nitriles is 1. The normalized spacial score (nSPS) is 16.2. The van der Waals surface area contributed by atoms with Crippen molar-refractivity contribution >= 4 is 5.91 Å². The van der Waals surface area contributed by atoms with E-state index in [1.165, 1.54) is 0 Å². The molecule has 25 heavy (non-hydrogen) atoms. The van der Waals surface area contributed by atoms with E-state index >= 15 is 0 Å². The Morgan fingerprint density at radius 3 is 2.56 bits per heavy atom. The van der Waals surface area contributed by atoms with E-state index in [1.54, 1.807) is 24.3 Å². The van der Waals surface area contributed by atoms with Crippen LogP contribution < -0.4 is 0 Å². The van der Waals surface area contributed by atoms with E-state index in [2.05, 4.69) is 6.07 Å². The minimum absolute atomic E-state index is 0.0342. The number of rotatable bonds is 4. The number of aliphatic hydroxyl groups excluding tert-OH is 1. The number of hydrogen-bond donors (Lipinski definition) is 1. The van der Waals surface area contributed by atoms with E-state index in [-0.39, 0.29) is 17.9 Å². The van der Waals surface area contributed by atoms with Crippen LogP contribution in [0.5, 0.6) is 0 Å². The predicted molar refractivity (Wildman–Crippen MR) is 95.9 cm³/mol. The summed E-state index contributed by atoms with van der Waals surface area (Å²) >= 11 is 0. The lowest BCUT2D eigenvalue weighted by Gasteiger charge is -2.34. The second kappa shape index (κ2) is 7.96. The van der Waals surface area contributed by atoms with Crippen LogP contribution in [-0.4, -0.2) is 35.1 Å². The van der Waals surface area contributed by atoms with Gasteiger partial charge in [0, 0.05) is 18.7 Å². The smallest absolute Gasteiger partial charge is 0.253 e. The highest BCUT2D eigenvalue weighted by molar-refractivity contribution is 5.94. The van der Waals surface area contributed by atoms with Crippen LogP contribution in [-0.2, 0) is 6.42 Å². The van der Waals surface area contributed by atoms with Crippen molar-refractivity contribution in [2.45, 2.75) is 25.4 Å². The van der Waals surface area contributed by atoms with Gasteiger partial charge in [0.25, 0.3) is 5.91 Å². The van der Waals surface area contributed by atoms with Crippen molar-refractivity contribution in [3.63, 3.8) is 0 Å². The Labute approximate surface area is 148 Å². The summed E-state index contributed by atoms with van der Waals surface area (Å²) in [5.74, 6) is 0.183. The lowest BCUT2D eigenvalue weighted by atomic mass is 9.87. The fourth-order valence-corrected chi connectivity index (χ4v) is 3.41. The van der Waals surface area contributed by atoms with Gasteiger partial charge in [0.1, 0.15) is 0 Å². The third-order valence-corrected chi connectivity index (χ3v) is 4.90. The van der Waals surface area contributed by atoms with Crippen LogP contribution in [0.25, 0.3) is 0 Å². The zero-order chi connectivity index (χ0) is 17.6. The Morgan fingerprint density at radius 1 is 1.16 bits per heavy atom. The Bertz CT molecular complexity index is 759. The summed E-state index contributed by atoms with van der Waals surface area (Å²) in [6.07, 6.45) is 1.89. The second-order valence-corrected chi connectivity index (χ2v) is 6.58. The van der Waals surface area contributed by atoms with Gasteiger partial charge in [-0.1, -0.05) is 36.4 Å². The van der Waals surface area contributed by atoms with Crippen molar-refractivity contribution < 1.29 is 9.90 Å². The van der Waals surface area contributed by atoms with Crippen LogP contribution in [0.15, 0.2) is 54.6 Å². The van der Waals surface area contributed by atoms with Crippen LogP contribution in [0, 0.1) is 17.2 Å². The number of piperidine rings is 1. The standard InChI is InChI=1S/C21H22N2O2/c22-15-17-7-4-8-19(13-17)21(25)23-11-9-18(10-12-23)20(24)14-16-5-2-1-3-6-16/h1-8,13,18,20,24H,9-12,14H2/t20-/m1/s1. The molecule has 3 rings (SSSR count). The number of nitrogens with zero attached hydrogens (tertiary/aromatic N) is 2. The molecule has 1 aliphatic rings. The molecule has 0 aliphatic carbocycles. The average molecular weight is 334 g/mol. The lowest BCUT2D eigenvalue weighted by molar-refractivity contribution is 0.0467. The van der Waals surface area contributed by atoms with Gasteiger partial charge in [-0.05, 0) is 48.9 Å². The first-order chi connectivity index (χ1) is 12.2. The molecule has 4 nitrogen and oxygen atoms in total. The van der Waals surface area contributed by atoms with Gasteiger partial charge in [-0.25, -0.2) is 0 Å². The number of hydrogen-bond acceptors (Lipinski definition) is 3. The zero-order valence-corrected chi connectivity index (χ0v) is 14.1. The van der Waals surface area contributed by atoms with E-state index in [0.717, 1.165) is 18.4 Å². The van der Waals surface area contributed by atoms with E-state index in [0.29, 0.717) is 30.6 Å². The molecular formula is C21H22N2O2. The highest BCUT2D eigenvalue weighted by atomic mass is 16.3. The van der Waals surface area contributed by atoms with Gasteiger partial charge in [-0.3, -0.25) is 4.79 Å². The van der Waals surface area contributed by atoms with Gasteiger partial charge in [0.2, 0.25) is 0 Å². The van der Waals surface area contributed by atoms with E-state index in [1.807, 2.05) is 35.2 Å². The SMILES string of the molecule is N#Cc1cccc(C(=O)N2CCC([C@H](O)Cc3ccccc3)CC2)c1. The molecule has 1 fully saturated rings. The molecule has 2 aromatic rings. The molecule has 0 saturated carbocycles. The van der Waals surface area contributed by atoms with Crippen LogP contribution >= 0.6 is 0 Å². The van der Waals surface area contributed by atoms with Crippen LogP contribution in [0.2, 0.25) is 0 Å². The maximum Gasteiger partial charge on any atom is 0.253 e. The minimum atomic E-state index is -0.374. The number of likely N-dealkylation sites (tertiary alicyclic amines) is 1. The van der Waals surface area contributed by atoms with Gasteiger partial charge >= 0.3 is 0 Å². The largest absolute Gasteiger partial charge is 0.392 e. The fourth-order valence-electron chi connectivity index (χ4n) is 3.41. The van der Waals surface area contributed by atoms with E-state index < -0.39 is 0 Å². The van der Waals surface area contributed by atoms with Crippen LogP contribution in [0.1, 0.15) is 34.3 Å². The molecule has 1 saturated heterocycles. The van der Waals surface area contributed by atoms with Crippen LogP contribution in [0.4, 0.5) is 0 Å². The van der Waals surface area contributed by atoms with Gasteiger partial charge in [-0.2, -0.15) is 5.26 Å². The fraction of sp³-hybridized carbons (Fsp3) is 0.333. The Morgan fingerprint density at radius 2 is 1.88 bits per heavy atom. The maximum absolute atomic E-state index is 12.6. The van der Waals surface area contributed by atoms with E-state index in [9.17, 15) is 9.90 Å². The third kappa shape index (κ3) is 4.26. The first-order valence-electron chi connectivity index (χ1n) is 8.69. The molecule has 2 aromatic carbocycles. The number of aliphatic hydroxyl groups is 1. The topological polar surface area (TPSA) is 64.3 Å². The molecule has 0 radical (unpaired) electrons. The van der Waals surface area contributed by atoms with Crippen LogP contribution in [0.3, 0.4) is 0 Å². The molecule has 1 N–H and O–H groups in total. The van der Waals surface area contributed by atoms with Crippen molar-refractivity contribution in [2.24, 2.45) is 5.92 Å². The molecule has 0 spiro atoms. The summed E-state index contributed by atoms with van der Waals surface area (Å²) in [5, 5.41) is 19.5. The summed E-state index contributed by atoms with van der Waals surface area (Å²) in [7, 11) is 0. The first-order valence-corrected chi connectivity index (χ1v) is 8.69. The first kappa shape index (κ1) is 17.2. The average Bonchev–Trinajstić information content (AvgIpc) is 2.68. The highest BCUT2D eigenvalue weighted by Gasteiger charge is 2.28. The molecule has 1 atom stereocenters. The summed E-state index contributed by atoms with van der Waals surface area (Å²) < 4.78 is 0. The van der Waals surface area contributed by atoms with E-state index in [4.69, 9.17) is 5.26 Å². The molecule has 1 heterocycles. The number of carbonyl (C=O) groups excluding carboxylic acids is 1. The summed E-state index contributed by atoms with van der Waals surface area (Å²) in [4.78, 5) is 14.4. The maximum atomic E-state index is 12.6. The molecule has 0 bridgehead atoms. The van der Waals surface area contributed by atoms with Crippen molar-refractivity contribution in [3.05, 3.63) is 71.3 Å². The quantitative estimate of drug-likeness (QED) is 0.935. The molecule has 0 aromatic heterocycles. The molecule has 1 amide bonds. The highest BCUT2D eigenvalue weighted by Crippen LogP contribution is 2.24. The minimum Gasteiger partial charge on any atom is -0.392 e. The lowest BCUT2D eigenvalue weighted by Crippen LogP contribution is -2.41. The number of carbonyl (C=O) groups is 1. The molecule has 0 unspecified atom stereocenters.